The molecule has 0 saturated heterocycles. The van der Waals surface area contributed by atoms with Gasteiger partial charge < -0.3 is 21.5 Å². The molecular weight excluding hydrogens is 588 g/mol. The Morgan fingerprint density at radius 3 is 1.98 bits per heavy atom. The van der Waals surface area contributed by atoms with Crippen LogP contribution in [0.2, 0.25) is 0 Å². The molecule has 1 saturated carbocycles. The molecule has 9 nitrogen and oxygen atoms in total. The van der Waals surface area contributed by atoms with Crippen LogP contribution in [-0.4, -0.2) is 60.9 Å². The largest absolute Gasteiger partial charge is 0.399 e. The molecule has 1 aliphatic rings. The average molecular weight is 635 g/mol. The molecule has 242 valence electrons. The Labute approximate surface area is 267 Å². The van der Waals surface area contributed by atoms with Crippen LogP contribution in [-0.2, 0) is 19.6 Å². The number of carbonyl (C=O) groups excluding carboxylic acids is 2. The molecule has 2 amide bonds. The number of nitrogens with one attached hydrogen (secondary N) is 2. The predicted molar refractivity (Wildman–Crippen MR) is 177 cm³/mol. The molecule has 0 radical (unpaired) electrons. The molecule has 1 fully saturated rings. The minimum absolute atomic E-state index is 0.0347. The number of benzene rings is 3. The van der Waals surface area contributed by atoms with Crippen molar-refractivity contribution in [3.63, 3.8) is 0 Å². The van der Waals surface area contributed by atoms with E-state index in [2.05, 4.69) is 10.6 Å². The molecule has 0 aliphatic heterocycles. The molecule has 1 unspecified atom stereocenters. The summed E-state index contributed by atoms with van der Waals surface area (Å²) in [5, 5.41) is 17.1. The molecule has 45 heavy (non-hydrogen) atoms. The van der Waals surface area contributed by atoms with E-state index in [1.54, 1.807) is 19.1 Å². The van der Waals surface area contributed by atoms with Gasteiger partial charge in [0.05, 0.1) is 11.0 Å². The number of nitrogens with zero attached hydrogens (tertiary/aromatic N) is 1. The van der Waals surface area contributed by atoms with Gasteiger partial charge in [0, 0.05) is 36.7 Å². The van der Waals surface area contributed by atoms with E-state index >= 15 is 0 Å². The van der Waals surface area contributed by atoms with E-state index in [9.17, 15) is 23.1 Å². The highest BCUT2D eigenvalue weighted by Gasteiger charge is 2.37. The summed E-state index contributed by atoms with van der Waals surface area (Å²) in [4.78, 5) is 26.8. The molecule has 5 N–H and O–H groups in total. The summed E-state index contributed by atoms with van der Waals surface area (Å²) in [5.41, 5.74) is 8.05. The second-order valence-electron chi connectivity index (χ2n) is 12.3. The van der Waals surface area contributed by atoms with Gasteiger partial charge in [0.15, 0.2) is 0 Å². The molecule has 1 aliphatic carbocycles. The quantitative estimate of drug-likeness (QED) is 0.137. The van der Waals surface area contributed by atoms with Crippen LogP contribution in [0.15, 0.2) is 89.8 Å². The number of carbonyl (C=O) groups is 2. The molecule has 3 aromatic rings. The molecule has 3 atom stereocenters. The van der Waals surface area contributed by atoms with Crippen molar-refractivity contribution in [2.24, 2.45) is 11.8 Å². The van der Waals surface area contributed by atoms with Gasteiger partial charge in [0.2, 0.25) is 21.8 Å². The third-order valence-electron chi connectivity index (χ3n) is 8.20. The zero-order valence-electron chi connectivity index (χ0n) is 26.3. The van der Waals surface area contributed by atoms with Crippen LogP contribution in [0.25, 0.3) is 0 Å². The summed E-state index contributed by atoms with van der Waals surface area (Å²) >= 11 is 0. The zero-order chi connectivity index (χ0) is 32.6. The summed E-state index contributed by atoms with van der Waals surface area (Å²) in [6, 6.07) is 23.8. The predicted octanol–water partition coefficient (Wildman–Crippen LogP) is 4.29. The maximum Gasteiger partial charge on any atom is 0.243 e. The van der Waals surface area contributed by atoms with E-state index in [4.69, 9.17) is 5.73 Å². The molecule has 0 spiro atoms. The highest BCUT2D eigenvalue weighted by Crippen LogP contribution is 2.32. The summed E-state index contributed by atoms with van der Waals surface area (Å²) in [6.07, 6.45) is 1.36. The Hall–Kier alpha value is -3.73. The standard InChI is InChI=1S/C35H46N4O5S/c1-24(2)23-39(45(43,44)30-20-18-29(36)19-21-30)25(3)31(40)15-10-22-37-35(42)33(38-34(41)28-16-17-28)32(26-11-6-4-7-12-26)27-13-8-5-9-14-27/h4-9,11-14,18-21,24-25,28,31-33,40H,10,15-17,22-23,36H2,1-3H3,(H,37,42)(H,38,41)/t25-,31?,33-/m0/s1. The first kappa shape index (κ1) is 34.1. The third kappa shape index (κ3) is 9.15. The van der Waals surface area contributed by atoms with Gasteiger partial charge in [-0.25, -0.2) is 8.42 Å². The Morgan fingerprint density at radius 1 is 0.911 bits per heavy atom. The summed E-state index contributed by atoms with van der Waals surface area (Å²) < 4.78 is 28.4. The van der Waals surface area contributed by atoms with Crippen molar-refractivity contribution in [3.05, 3.63) is 96.1 Å². The van der Waals surface area contributed by atoms with Crippen LogP contribution < -0.4 is 16.4 Å². The van der Waals surface area contributed by atoms with Gasteiger partial charge in [-0.1, -0.05) is 74.5 Å². The number of aliphatic hydroxyl groups excluding tert-OH is 1. The molecule has 4 rings (SSSR count). The molecular formula is C35H46N4O5S. The highest BCUT2D eigenvalue weighted by atomic mass is 32.2. The lowest BCUT2D eigenvalue weighted by molar-refractivity contribution is -0.130. The van der Waals surface area contributed by atoms with Crippen molar-refractivity contribution >= 4 is 27.5 Å². The number of hydrogen-bond donors (Lipinski definition) is 4. The number of nitrogen functional groups attached to an aromatic ring is 1. The van der Waals surface area contributed by atoms with E-state index < -0.39 is 34.1 Å². The lowest BCUT2D eigenvalue weighted by Gasteiger charge is -2.33. The summed E-state index contributed by atoms with van der Waals surface area (Å²) in [6.45, 7) is 6.05. The van der Waals surface area contributed by atoms with Crippen LogP contribution in [0.4, 0.5) is 5.69 Å². The van der Waals surface area contributed by atoms with Gasteiger partial charge in [-0.2, -0.15) is 4.31 Å². The fraction of sp³-hybridized carbons (Fsp3) is 0.429. The van der Waals surface area contributed by atoms with Gasteiger partial charge in [0.25, 0.3) is 0 Å². The van der Waals surface area contributed by atoms with Crippen LogP contribution in [0.5, 0.6) is 0 Å². The molecule has 0 aromatic heterocycles. The van der Waals surface area contributed by atoms with E-state index in [0.29, 0.717) is 12.1 Å². The first-order valence-electron chi connectivity index (χ1n) is 15.7. The Balaban J connectivity index is 1.44. The second kappa shape index (κ2) is 15.5. The van der Waals surface area contributed by atoms with Crippen molar-refractivity contribution in [1.29, 1.82) is 0 Å². The summed E-state index contributed by atoms with van der Waals surface area (Å²) in [5.74, 6) is -0.862. The topological polar surface area (TPSA) is 142 Å². The Morgan fingerprint density at radius 2 is 1.47 bits per heavy atom. The van der Waals surface area contributed by atoms with Crippen LogP contribution in [0.1, 0.15) is 63.5 Å². The third-order valence-corrected chi connectivity index (χ3v) is 10.2. The number of aliphatic hydroxyl groups is 1. The minimum atomic E-state index is -3.88. The van der Waals surface area contributed by atoms with E-state index in [0.717, 1.165) is 24.0 Å². The normalized spacial score (nSPS) is 15.5. The van der Waals surface area contributed by atoms with Crippen molar-refractivity contribution in [1.82, 2.24) is 14.9 Å². The Kier molecular flexibility index (Phi) is 11.8. The van der Waals surface area contributed by atoms with Gasteiger partial charge >= 0.3 is 0 Å². The first-order valence-corrected chi connectivity index (χ1v) is 17.2. The number of hydrogen-bond acceptors (Lipinski definition) is 6. The van der Waals surface area contributed by atoms with Crippen molar-refractivity contribution in [2.45, 2.75) is 75.5 Å². The van der Waals surface area contributed by atoms with Crippen LogP contribution in [0.3, 0.4) is 0 Å². The number of nitrogens with two attached hydrogens (primary N) is 1. The SMILES string of the molecule is CC(C)CN([C@@H](C)C(O)CCCNC(=O)[C@@H](NC(=O)C1CC1)C(c1ccccc1)c1ccccc1)S(=O)(=O)c1ccc(N)cc1. The smallest absolute Gasteiger partial charge is 0.243 e. The van der Waals surface area contributed by atoms with Crippen LogP contribution in [0, 0.1) is 11.8 Å². The zero-order valence-corrected chi connectivity index (χ0v) is 27.1. The lowest BCUT2D eigenvalue weighted by Crippen LogP contribution is -2.51. The number of rotatable bonds is 16. The second-order valence-corrected chi connectivity index (χ2v) is 14.2. The first-order chi connectivity index (χ1) is 21.5. The molecule has 10 heteroatoms. The number of sulfonamides is 1. The van der Waals surface area contributed by atoms with Crippen molar-refractivity contribution < 1.29 is 23.1 Å². The highest BCUT2D eigenvalue weighted by molar-refractivity contribution is 7.89. The van der Waals surface area contributed by atoms with Crippen LogP contribution >= 0.6 is 0 Å². The van der Waals surface area contributed by atoms with Gasteiger partial charge in [0.1, 0.15) is 6.04 Å². The monoisotopic (exact) mass is 634 g/mol. The van der Waals surface area contributed by atoms with E-state index in [-0.39, 0.29) is 48.1 Å². The maximum absolute atomic E-state index is 13.7. The van der Waals surface area contributed by atoms with Gasteiger partial charge in [-0.3, -0.25) is 9.59 Å². The van der Waals surface area contributed by atoms with E-state index in [1.807, 2.05) is 74.5 Å². The van der Waals surface area contributed by atoms with Gasteiger partial charge in [-0.15, -0.1) is 0 Å². The lowest BCUT2D eigenvalue weighted by atomic mass is 9.84. The summed E-state index contributed by atoms with van der Waals surface area (Å²) in [7, 11) is -3.88. The van der Waals surface area contributed by atoms with E-state index in [1.165, 1.54) is 16.4 Å². The molecule has 3 aromatic carbocycles. The van der Waals surface area contributed by atoms with Gasteiger partial charge in [-0.05, 0) is 73.9 Å². The molecule has 0 heterocycles. The fourth-order valence-corrected chi connectivity index (χ4v) is 7.32. The van der Waals surface area contributed by atoms with Crippen molar-refractivity contribution in [3.8, 4) is 0 Å². The molecule has 0 bridgehead atoms. The number of anilines is 1. The number of amides is 2. The minimum Gasteiger partial charge on any atom is -0.399 e. The average Bonchev–Trinajstić information content (AvgIpc) is 3.88. The Bertz CT molecular complexity index is 1460. The fourth-order valence-electron chi connectivity index (χ4n) is 5.50. The maximum atomic E-state index is 13.7. The van der Waals surface area contributed by atoms with Crippen molar-refractivity contribution in [2.75, 3.05) is 18.8 Å².